The molecular formula is C19H16F2N2O2S. The standard InChI is InChI=1S/C19H16F2N2O2S/c1-25-14-5-2-12(3-6-14)17-11-26-19(23-17)9-8-18(24)22-16-7-4-13(20)10-15(16)21/h2-7,10-11H,8-9H2,1H3,(H,22,24). The highest BCUT2D eigenvalue weighted by atomic mass is 32.1. The zero-order valence-electron chi connectivity index (χ0n) is 14.0. The molecule has 0 spiro atoms. The molecule has 0 aliphatic heterocycles. The van der Waals surface area contributed by atoms with E-state index in [-0.39, 0.29) is 18.0 Å². The number of thiazole rings is 1. The summed E-state index contributed by atoms with van der Waals surface area (Å²) < 4.78 is 31.5. The summed E-state index contributed by atoms with van der Waals surface area (Å²) in [5.41, 5.74) is 1.76. The van der Waals surface area contributed by atoms with Crippen LogP contribution in [0.2, 0.25) is 0 Å². The van der Waals surface area contributed by atoms with E-state index in [1.165, 1.54) is 17.4 Å². The fourth-order valence-corrected chi connectivity index (χ4v) is 3.15. The molecule has 1 amide bonds. The van der Waals surface area contributed by atoms with Crippen LogP contribution in [0, 0.1) is 11.6 Å². The number of halogens is 2. The molecule has 1 N–H and O–H groups in total. The molecule has 0 aliphatic rings. The maximum absolute atomic E-state index is 13.5. The normalized spacial score (nSPS) is 10.6. The number of ether oxygens (including phenoxy) is 1. The van der Waals surface area contributed by atoms with E-state index in [0.717, 1.165) is 34.1 Å². The highest BCUT2D eigenvalue weighted by Crippen LogP contribution is 2.25. The number of carbonyl (C=O) groups excluding carboxylic acids is 1. The molecule has 26 heavy (non-hydrogen) atoms. The fraction of sp³-hybridized carbons (Fsp3) is 0.158. The van der Waals surface area contributed by atoms with Crippen molar-refractivity contribution in [2.24, 2.45) is 0 Å². The number of amides is 1. The summed E-state index contributed by atoms with van der Waals surface area (Å²) in [7, 11) is 1.61. The van der Waals surface area contributed by atoms with Crippen LogP contribution in [0.25, 0.3) is 11.3 Å². The number of aryl methyl sites for hydroxylation is 1. The first kappa shape index (κ1) is 18.0. The van der Waals surface area contributed by atoms with Gasteiger partial charge >= 0.3 is 0 Å². The topological polar surface area (TPSA) is 51.2 Å². The van der Waals surface area contributed by atoms with Crippen LogP contribution >= 0.6 is 11.3 Å². The van der Waals surface area contributed by atoms with Gasteiger partial charge in [0.05, 0.1) is 23.5 Å². The minimum Gasteiger partial charge on any atom is -0.497 e. The Labute approximate surface area is 153 Å². The van der Waals surface area contributed by atoms with Crippen LogP contribution in [-0.4, -0.2) is 18.0 Å². The van der Waals surface area contributed by atoms with Gasteiger partial charge < -0.3 is 10.1 Å². The average molecular weight is 374 g/mol. The largest absolute Gasteiger partial charge is 0.497 e. The summed E-state index contributed by atoms with van der Waals surface area (Å²) in [5.74, 6) is -1.06. The van der Waals surface area contributed by atoms with Crippen molar-refractivity contribution in [3.63, 3.8) is 0 Å². The summed E-state index contributed by atoms with van der Waals surface area (Å²) in [5, 5.41) is 5.18. The van der Waals surface area contributed by atoms with Crippen molar-refractivity contribution in [2.75, 3.05) is 12.4 Å². The van der Waals surface area contributed by atoms with E-state index >= 15 is 0 Å². The minimum atomic E-state index is -0.797. The summed E-state index contributed by atoms with van der Waals surface area (Å²) in [6.45, 7) is 0. The van der Waals surface area contributed by atoms with Gasteiger partial charge in [0.1, 0.15) is 17.4 Å². The second-order valence-corrected chi connectivity index (χ2v) is 6.47. The molecule has 0 unspecified atom stereocenters. The van der Waals surface area contributed by atoms with Crippen molar-refractivity contribution in [3.05, 3.63) is 64.5 Å². The molecule has 3 aromatic rings. The number of nitrogens with one attached hydrogen (secondary N) is 1. The first-order valence-electron chi connectivity index (χ1n) is 7.89. The lowest BCUT2D eigenvalue weighted by Crippen LogP contribution is -2.13. The second kappa shape index (κ2) is 8.05. The summed E-state index contributed by atoms with van der Waals surface area (Å²) >= 11 is 1.46. The fourth-order valence-electron chi connectivity index (χ4n) is 2.34. The maximum atomic E-state index is 13.5. The van der Waals surface area contributed by atoms with Crippen molar-refractivity contribution in [1.29, 1.82) is 0 Å². The van der Waals surface area contributed by atoms with E-state index in [0.29, 0.717) is 6.42 Å². The van der Waals surface area contributed by atoms with Gasteiger partial charge in [-0.25, -0.2) is 13.8 Å². The smallest absolute Gasteiger partial charge is 0.224 e. The van der Waals surface area contributed by atoms with Crippen molar-refractivity contribution in [2.45, 2.75) is 12.8 Å². The molecule has 0 bridgehead atoms. The zero-order chi connectivity index (χ0) is 18.5. The zero-order valence-corrected chi connectivity index (χ0v) is 14.8. The molecule has 0 saturated carbocycles. The Bertz CT molecular complexity index is 910. The Kier molecular flexibility index (Phi) is 5.58. The van der Waals surface area contributed by atoms with Gasteiger partial charge in [0.15, 0.2) is 0 Å². The quantitative estimate of drug-likeness (QED) is 0.682. The first-order chi connectivity index (χ1) is 12.5. The Morgan fingerprint density at radius 1 is 1.19 bits per heavy atom. The van der Waals surface area contributed by atoms with E-state index in [9.17, 15) is 13.6 Å². The third kappa shape index (κ3) is 4.43. The molecule has 0 saturated heterocycles. The first-order valence-corrected chi connectivity index (χ1v) is 8.77. The van der Waals surface area contributed by atoms with E-state index in [4.69, 9.17) is 4.74 Å². The number of benzene rings is 2. The summed E-state index contributed by atoms with van der Waals surface area (Å²) in [6.07, 6.45) is 0.599. The summed E-state index contributed by atoms with van der Waals surface area (Å²) in [4.78, 5) is 16.5. The molecule has 4 nitrogen and oxygen atoms in total. The van der Waals surface area contributed by atoms with E-state index in [2.05, 4.69) is 10.3 Å². The van der Waals surface area contributed by atoms with Crippen molar-refractivity contribution < 1.29 is 18.3 Å². The van der Waals surface area contributed by atoms with Gasteiger partial charge in [-0.15, -0.1) is 11.3 Å². The number of methoxy groups -OCH3 is 1. The average Bonchev–Trinajstić information content (AvgIpc) is 3.11. The van der Waals surface area contributed by atoms with Gasteiger partial charge in [-0.05, 0) is 36.4 Å². The lowest BCUT2D eigenvalue weighted by molar-refractivity contribution is -0.116. The lowest BCUT2D eigenvalue weighted by Gasteiger charge is -2.05. The van der Waals surface area contributed by atoms with Gasteiger partial charge in [-0.2, -0.15) is 0 Å². The van der Waals surface area contributed by atoms with E-state index in [1.54, 1.807) is 7.11 Å². The number of hydrogen-bond acceptors (Lipinski definition) is 4. The van der Waals surface area contributed by atoms with E-state index in [1.807, 2.05) is 29.6 Å². The van der Waals surface area contributed by atoms with Crippen molar-refractivity contribution >= 4 is 22.9 Å². The Morgan fingerprint density at radius 2 is 1.96 bits per heavy atom. The van der Waals surface area contributed by atoms with Crippen LogP contribution in [-0.2, 0) is 11.2 Å². The van der Waals surface area contributed by atoms with Crippen molar-refractivity contribution in [1.82, 2.24) is 4.98 Å². The molecule has 3 rings (SSSR count). The highest BCUT2D eigenvalue weighted by molar-refractivity contribution is 7.09. The molecule has 1 aromatic heterocycles. The predicted molar refractivity (Wildman–Crippen MR) is 97.4 cm³/mol. The number of hydrogen-bond donors (Lipinski definition) is 1. The predicted octanol–water partition coefficient (Wildman–Crippen LogP) is 4.67. The molecular weight excluding hydrogens is 358 g/mol. The Balaban J connectivity index is 1.58. The van der Waals surface area contributed by atoms with Crippen LogP contribution in [0.15, 0.2) is 47.8 Å². The van der Waals surface area contributed by atoms with Crippen molar-refractivity contribution in [3.8, 4) is 17.0 Å². The molecule has 1 heterocycles. The number of anilines is 1. The molecule has 0 fully saturated rings. The maximum Gasteiger partial charge on any atom is 0.224 e. The SMILES string of the molecule is COc1ccc(-c2csc(CCC(=O)Nc3ccc(F)cc3F)n2)cc1. The molecule has 0 radical (unpaired) electrons. The molecule has 2 aromatic carbocycles. The third-order valence-corrected chi connectivity index (χ3v) is 4.62. The Hall–Kier alpha value is -2.80. The van der Waals surface area contributed by atoms with Gasteiger partial charge in [0, 0.05) is 29.9 Å². The van der Waals surface area contributed by atoms with Gasteiger partial charge in [-0.3, -0.25) is 4.79 Å². The molecule has 7 heteroatoms. The second-order valence-electron chi connectivity index (χ2n) is 5.53. The number of aromatic nitrogens is 1. The number of nitrogens with zero attached hydrogens (tertiary/aromatic N) is 1. The minimum absolute atomic E-state index is 0.0329. The van der Waals surface area contributed by atoms with Crippen LogP contribution < -0.4 is 10.1 Å². The van der Waals surface area contributed by atoms with Crippen LogP contribution in [0.5, 0.6) is 5.75 Å². The van der Waals surface area contributed by atoms with Crippen LogP contribution in [0.3, 0.4) is 0 Å². The van der Waals surface area contributed by atoms with E-state index < -0.39 is 11.6 Å². The molecule has 134 valence electrons. The molecule has 0 atom stereocenters. The summed E-state index contributed by atoms with van der Waals surface area (Å²) in [6, 6.07) is 10.6. The van der Waals surface area contributed by atoms with Gasteiger partial charge in [0.25, 0.3) is 0 Å². The monoisotopic (exact) mass is 374 g/mol. The third-order valence-electron chi connectivity index (χ3n) is 3.71. The van der Waals surface area contributed by atoms with Gasteiger partial charge in [0.2, 0.25) is 5.91 Å². The highest BCUT2D eigenvalue weighted by Gasteiger charge is 2.10. The number of rotatable bonds is 6. The van der Waals surface area contributed by atoms with Crippen LogP contribution in [0.1, 0.15) is 11.4 Å². The van der Waals surface area contributed by atoms with Crippen LogP contribution in [0.4, 0.5) is 14.5 Å². The Morgan fingerprint density at radius 3 is 2.65 bits per heavy atom. The molecule has 0 aliphatic carbocycles. The van der Waals surface area contributed by atoms with Gasteiger partial charge in [-0.1, -0.05) is 0 Å². The number of carbonyl (C=O) groups is 1. The lowest BCUT2D eigenvalue weighted by atomic mass is 10.2.